The molecule has 0 saturated heterocycles. The first-order valence-corrected chi connectivity index (χ1v) is 6.31. The minimum absolute atomic E-state index is 0.304. The van der Waals surface area contributed by atoms with E-state index in [1.165, 1.54) is 0 Å². The molecular formula is C16H13N3O. The summed E-state index contributed by atoms with van der Waals surface area (Å²) in [5.74, 6) is 0.759. The molecule has 0 unspecified atom stereocenters. The van der Waals surface area contributed by atoms with Crippen LogP contribution in [0.1, 0.15) is 5.69 Å². The molecule has 0 bridgehead atoms. The number of hydrogen-bond donors (Lipinski definition) is 0. The molecule has 0 aliphatic rings. The van der Waals surface area contributed by atoms with E-state index in [2.05, 4.69) is 11.1 Å². The van der Waals surface area contributed by atoms with Crippen molar-refractivity contribution in [2.45, 2.75) is 6.42 Å². The van der Waals surface area contributed by atoms with E-state index in [1.54, 1.807) is 7.11 Å². The van der Waals surface area contributed by atoms with E-state index in [9.17, 15) is 0 Å². The largest absolute Gasteiger partial charge is 0.496 e. The van der Waals surface area contributed by atoms with Crippen molar-refractivity contribution in [2.24, 2.45) is 0 Å². The quantitative estimate of drug-likeness (QED) is 0.729. The van der Waals surface area contributed by atoms with Gasteiger partial charge < -0.3 is 9.14 Å². The molecule has 4 heteroatoms. The van der Waals surface area contributed by atoms with Crippen LogP contribution in [0.3, 0.4) is 0 Å². The van der Waals surface area contributed by atoms with Gasteiger partial charge in [-0.2, -0.15) is 5.26 Å². The highest BCUT2D eigenvalue weighted by molar-refractivity contribution is 5.72. The lowest BCUT2D eigenvalue weighted by atomic mass is 10.1. The van der Waals surface area contributed by atoms with Gasteiger partial charge in [0.05, 0.1) is 31.0 Å². The third kappa shape index (κ3) is 1.90. The number of nitrogens with zero attached hydrogens (tertiary/aromatic N) is 3. The molecule has 0 radical (unpaired) electrons. The van der Waals surface area contributed by atoms with Crippen LogP contribution in [0.15, 0.2) is 48.7 Å². The highest BCUT2D eigenvalue weighted by atomic mass is 16.5. The van der Waals surface area contributed by atoms with Crippen molar-refractivity contribution >= 4 is 5.65 Å². The molecule has 0 saturated carbocycles. The van der Waals surface area contributed by atoms with Gasteiger partial charge in [-0.1, -0.05) is 18.2 Å². The van der Waals surface area contributed by atoms with E-state index >= 15 is 0 Å². The van der Waals surface area contributed by atoms with Crippen molar-refractivity contribution in [3.8, 4) is 23.1 Å². The molecule has 0 amide bonds. The number of rotatable bonds is 3. The number of benzene rings is 1. The van der Waals surface area contributed by atoms with Gasteiger partial charge >= 0.3 is 0 Å². The molecular weight excluding hydrogens is 250 g/mol. The Kier molecular flexibility index (Phi) is 3.10. The summed E-state index contributed by atoms with van der Waals surface area (Å²) >= 11 is 0. The zero-order valence-corrected chi connectivity index (χ0v) is 11.1. The van der Waals surface area contributed by atoms with Gasteiger partial charge in [-0.15, -0.1) is 0 Å². The summed E-state index contributed by atoms with van der Waals surface area (Å²) in [6.45, 7) is 0. The van der Waals surface area contributed by atoms with Crippen LogP contribution in [-0.4, -0.2) is 16.5 Å². The van der Waals surface area contributed by atoms with Crippen LogP contribution in [0, 0.1) is 11.3 Å². The molecule has 4 nitrogen and oxygen atoms in total. The summed E-state index contributed by atoms with van der Waals surface area (Å²) in [5, 5.41) is 9.07. The van der Waals surface area contributed by atoms with E-state index in [0.29, 0.717) is 6.42 Å². The van der Waals surface area contributed by atoms with Crippen LogP contribution in [0.2, 0.25) is 0 Å². The van der Waals surface area contributed by atoms with Crippen LogP contribution < -0.4 is 4.74 Å². The Balaban J connectivity index is 2.30. The Morgan fingerprint density at radius 2 is 2.00 bits per heavy atom. The van der Waals surface area contributed by atoms with Crippen molar-refractivity contribution in [1.29, 1.82) is 5.26 Å². The van der Waals surface area contributed by atoms with Crippen LogP contribution >= 0.6 is 0 Å². The SMILES string of the molecule is COc1ccccc1-c1nc2ccccn2c1CC#N. The van der Waals surface area contributed by atoms with Gasteiger partial charge in [0.25, 0.3) is 0 Å². The molecule has 0 atom stereocenters. The minimum Gasteiger partial charge on any atom is -0.496 e. The standard InChI is InChI=1S/C16H13N3O/c1-20-14-7-3-2-6-12(14)16-13(9-10-17)19-11-5-4-8-15(19)18-16/h2-8,11H,9H2,1H3. The summed E-state index contributed by atoms with van der Waals surface area (Å²) in [5.41, 5.74) is 3.42. The Bertz CT molecular complexity index is 799. The van der Waals surface area contributed by atoms with Crippen molar-refractivity contribution in [3.63, 3.8) is 0 Å². The van der Waals surface area contributed by atoms with Crippen LogP contribution in [0.25, 0.3) is 16.9 Å². The van der Waals surface area contributed by atoms with Crippen molar-refractivity contribution < 1.29 is 4.74 Å². The third-order valence-corrected chi connectivity index (χ3v) is 3.24. The fraction of sp³-hybridized carbons (Fsp3) is 0.125. The van der Waals surface area contributed by atoms with Crippen molar-refractivity contribution in [2.75, 3.05) is 7.11 Å². The highest BCUT2D eigenvalue weighted by Crippen LogP contribution is 2.32. The second kappa shape index (κ2) is 5.06. The van der Waals surface area contributed by atoms with Gasteiger partial charge in [0.1, 0.15) is 11.4 Å². The number of nitriles is 1. The average Bonchev–Trinajstić information content (AvgIpc) is 2.86. The van der Waals surface area contributed by atoms with Gasteiger partial charge in [0.15, 0.2) is 0 Å². The zero-order chi connectivity index (χ0) is 13.9. The lowest BCUT2D eigenvalue weighted by Gasteiger charge is -2.07. The van der Waals surface area contributed by atoms with Crippen molar-refractivity contribution in [3.05, 3.63) is 54.4 Å². The monoisotopic (exact) mass is 263 g/mol. The number of ether oxygens (including phenoxy) is 1. The predicted molar refractivity (Wildman–Crippen MR) is 76.5 cm³/mol. The normalized spacial score (nSPS) is 10.4. The maximum absolute atomic E-state index is 9.07. The van der Waals surface area contributed by atoms with Gasteiger partial charge in [-0.05, 0) is 24.3 Å². The van der Waals surface area contributed by atoms with E-state index in [-0.39, 0.29) is 0 Å². The first-order chi connectivity index (χ1) is 9.85. The minimum atomic E-state index is 0.304. The number of methoxy groups -OCH3 is 1. The maximum Gasteiger partial charge on any atom is 0.137 e. The maximum atomic E-state index is 9.07. The molecule has 2 heterocycles. The molecule has 2 aromatic heterocycles. The third-order valence-electron chi connectivity index (χ3n) is 3.24. The molecule has 0 N–H and O–H groups in total. The molecule has 0 aliphatic heterocycles. The first-order valence-electron chi connectivity index (χ1n) is 6.31. The number of hydrogen-bond acceptors (Lipinski definition) is 3. The number of pyridine rings is 1. The number of aromatic nitrogens is 2. The summed E-state index contributed by atoms with van der Waals surface area (Å²) in [7, 11) is 1.64. The first kappa shape index (κ1) is 12.2. The summed E-state index contributed by atoms with van der Waals surface area (Å²) in [6, 6.07) is 15.7. The second-order valence-electron chi connectivity index (χ2n) is 4.37. The lowest BCUT2D eigenvalue weighted by Crippen LogP contribution is -1.94. The van der Waals surface area contributed by atoms with E-state index in [1.807, 2.05) is 53.1 Å². The zero-order valence-electron chi connectivity index (χ0n) is 11.1. The van der Waals surface area contributed by atoms with Gasteiger partial charge in [0.2, 0.25) is 0 Å². The Morgan fingerprint density at radius 1 is 1.20 bits per heavy atom. The van der Waals surface area contributed by atoms with E-state index < -0.39 is 0 Å². The van der Waals surface area contributed by atoms with E-state index in [0.717, 1.165) is 28.3 Å². The summed E-state index contributed by atoms with van der Waals surface area (Å²) < 4.78 is 7.35. The lowest BCUT2D eigenvalue weighted by molar-refractivity contribution is 0.416. The number of imidazole rings is 1. The number of para-hydroxylation sites is 1. The van der Waals surface area contributed by atoms with E-state index in [4.69, 9.17) is 10.00 Å². The van der Waals surface area contributed by atoms with Crippen LogP contribution in [0.5, 0.6) is 5.75 Å². The summed E-state index contributed by atoms with van der Waals surface area (Å²) in [6.07, 6.45) is 2.23. The molecule has 3 rings (SSSR count). The smallest absolute Gasteiger partial charge is 0.137 e. The average molecular weight is 263 g/mol. The molecule has 98 valence electrons. The van der Waals surface area contributed by atoms with Gasteiger partial charge in [-0.3, -0.25) is 0 Å². The fourth-order valence-electron chi connectivity index (χ4n) is 2.35. The highest BCUT2D eigenvalue weighted by Gasteiger charge is 2.16. The number of fused-ring (bicyclic) bond motifs is 1. The van der Waals surface area contributed by atoms with Crippen LogP contribution in [-0.2, 0) is 6.42 Å². The second-order valence-corrected chi connectivity index (χ2v) is 4.37. The fourth-order valence-corrected chi connectivity index (χ4v) is 2.35. The van der Waals surface area contributed by atoms with Crippen molar-refractivity contribution in [1.82, 2.24) is 9.38 Å². The topological polar surface area (TPSA) is 50.3 Å². The Hall–Kier alpha value is -2.80. The molecule has 0 fully saturated rings. The molecule has 0 spiro atoms. The molecule has 20 heavy (non-hydrogen) atoms. The summed E-state index contributed by atoms with van der Waals surface area (Å²) in [4.78, 5) is 4.64. The van der Waals surface area contributed by atoms with Gasteiger partial charge in [0, 0.05) is 11.8 Å². The predicted octanol–water partition coefficient (Wildman–Crippen LogP) is 3.08. The molecule has 1 aromatic carbocycles. The molecule has 3 aromatic rings. The Labute approximate surface area is 116 Å². The molecule has 0 aliphatic carbocycles. The van der Waals surface area contributed by atoms with Gasteiger partial charge in [-0.25, -0.2) is 4.98 Å². The Morgan fingerprint density at radius 3 is 2.80 bits per heavy atom. The van der Waals surface area contributed by atoms with Crippen LogP contribution in [0.4, 0.5) is 0 Å².